The Morgan fingerprint density at radius 3 is 2.56 bits per heavy atom. The number of hydrogen-bond donors (Lipinski definition) is 2. The number of amides is 1. The Morgan fingerprint density at radius 1 is 1.22 bits per heavy atom. The summed E-state index contributed by atoms with van der Waals surface area (Å²) >= 11 is 0. The second-order valence-corrected chi connectivity index (χ2v) is 5.92. The largest absolute Gasteiger partial charge is 0.452 e. The highest BCUT2D eigenvalue weighted by Crippen LogP contribution is 2.21. The molecule has 0 spiro atoms. The van der Waals surface area contributed by atoms with E-state index >= 15 is 0 Å². The van der Waals surface area contributed by atoms with Gasteiger partial charge in [-0.1, -0.05) is 43.7 Å². The molecule has 27 heavy (non-hydrogen) atoms. The van der Waals surface area contributed by atoms with Crippen LogP contribution in [0.2, 0.25) is 0 Å². The van der Waals surface area contributed by atoms with Gasteiger partial charge in [0.15, 0.2) is 6.61 Å². The monoisotopic (exact) mass is 371 g/mol. The molecular weight excluding hydrogens is 350 g/mol. The van der Waals surface area contributed by atoms with Crippen LogP contribution in [0.25, 0.3) is 0 Å². The Hall–Kier alpha value is -3.42. The molecule has 0 unspecified atom stereocenters. The predicted octanol–water partition coefficient (Wildman–Crippen LogP) is 2.99. The van der Waals surface area contributed by atoms with Crippen LogP contribution >= 0.6 is 0 Å². The summed E-state index contributed by atoms with van der Waals surface area (Å²) in [5, 5.41) is 13.6. The fourth-order valence-electron chi connectivity index (χ4n) is 2.58. The number of nitrogens with one attached hydrogen (secondary N) is 1. The van der Waals surface area contributed by atoms with E-state index in [4.69, 9.17) is 10.5 Å². The van der Waals surface area contributed by atoms with Crippen molar-refractivity contribution in [2.24, 2.45) is 0 Å². The Labute approximate surface area is 156 Å². The van der Waals surface area contributed by atoms with Gasteiger partial charge in [-0.15, -0.1) is 0 Å². The molecule has 2 aromatic carbocycles. The third kappa shape index (κ3) is 5.53. The number of nitrogen functional groups attached to an aromatic ring is 1. The summed E-state index contributed by atoms with van der Waals surface area (Å²) in [6.45, 7) is 1.50. The lowest BCUT2D eigenvalue weighted by Gasteiger charge is -2.18. The van der Waals surface area contributed by atoms with E-state index in [1.54, 1.807) is 0 Å². The number of nitrogens with two attached hydrogens (primary N) is 1. The molecule has 0 fully saturated rings. The SMILES string of the molecule is CCC[C@@H](NC(=O)COC(=O)c1cc([N+](=O)[O-])ccc1N)c1ccccc1. The van der Waals surface area contributed by atoms with Crippen molar-refractivity contribution in [1.29, 1.82) is 0 Å². The standard InChI is InChI=1S/C19H21N3O5/c1-2-6-17(13-7-4-3-5-8-13)21-18(23)12-27-19(24)15-11-14(22(25)26)9-10-16(15)20/h3-5,7-11,17H,2,6,12,20H2,1H3,(H,21,23)/t17-/m1/s1. The summed E-state index contributed by atoms with van der Waals surface area (Å²) in [4.78, 5) is 34.5. The van der Waals surface area contributed by atoms with E-state index in [2.05, 4.69) is 5.32 Å². The maximum absolute atomic E-state index is 12.2. The highest BCUT2D eigenvalue weighted by Gasteiger charge is 2.19. The summed E-state index contributed by atoms with van der Waals surface area (Å²) in [6, 6.07) is 12.8. The Kier molecular flexibility index (Phi) is 6.87. The predicted molar refractivity (Wildman–Crippen MR) is 100 cm³/mol. The van der Waals surface area contributed by atoms with E-state index in [9.17, 15) is 19.7 Å². The van der Waals surface area contributed by atoms with Crippen LogP contribution in [-0.2, 0) is 9.53 Å². The molecule has 1 amide bonds. The maximum atomic E-state index is 12.2. The van der Waals surface area contributed by atoms with Crippen LogP contribution in [0.15, 0.2) is 48.5 Å². The number of anilines is 1. The minimum Gasteiger partial charge on any atom is -0.452 e. The number of rotatable bonds is 8. The van der Waals surface area contributed by atoms with Crippen molar-refractivity contribution in [3.63, 3.8) is 0 Å². The van der Waals surface area contributed by atoms with Crippen molar-refractivity contribution in [3.8, 4) is 0 Å². The van der Waals surface area contributed by atoms with Crippen molar-refractivity contribution in [2.45, 2.75) is 25.8 Å². The quantitative estimate of drug-likeness (QED) is 0.318. The summed E-state index contributed by atoms with van der Waals surface area (Å²) in [7, 11) is 0. The Morgan fingerprint density at radius 2 is 1.93 bits per heavy atom. The van der Waals surface area contributed by atoms with Crippen LogP contribution < -0.4 is 11.1 Å². The molecule has 0 bridgehead atoms. The molecule has 2 aromatic rings. The lowest BCUT2D eigenvalue weighted by Crippen LogP contribution is -2.32. The number of nitro benzene ring substituents is 1. The first-order chi connectivity index (χ1) is 12.9. The molecule has 142 valence electrons. The molecule has 1 atom stereocenters. The summed E-state index contributed by atoms with van der Waals surface area (Å²) in [5.41, 5.74) is 6.24. The number of non-ortho nitro benzene ring substituents is 1. The zero-order valence-electron chi connectivity index (χ0n) is 14.9. The van der Waals surface area contributed by atoms with Crippen molar-refractivity contribution in [3.05, 3.63) is 69.8 Å². The van der Waals surface area contributed by atoms with Gasteiger partial charge in [0.1, 0.15) is 0 Å². The second-order valence-electron chi connectivity index (χ2n) is 5.92. The maximum Gasteiger partial charge on any atom is 0.341 e. The lowest BCUT2D eigenvalue weighted by atomic mass is 10.0. The Balaban J connectivity index is 1.99. The highest BCUT2D eigenvalue weighted by molar-refractivity contribution is 5.97. The minimum atomic E-state index is -0.891. The number of benzene rings is 2. The lowest BCUT2D eigenvalue weighted by molar-refractivity contribution is -0.384. The molecule has 0 aliphatic carbocycles. The second kappa shape index (κ2) is 9.33. The van der Waals surface area contributed by atoms with Gasteiger partial charge in [-0.3, -0.25) is 14.9 Å². The molecule has 0 radical (unpaired) electrons. The van der Waals surface area contributed by atoms with Gasteiger partial charge in [0, 0.05) is 17.8 Å². The van der Waals surface area contributed by atoms with E-state index in [1.807, 2.05) is 37.3 Å². The van der Waals surface area contributed by atoms with Gasteiger partial charge in [-0.05, 0) is 18.1 Å². The topological polar surface area (TPSA) is 125 Å². The number of nitrogens with zero attached hydrogens (tertiary/aromatic N) is 1. The first-order valence-electron chi connectivity index (χ1n) is 8.47. The van der Waals surface area contributed by atoms with Crippen LogP contribution in [0, 0.1) is 10.1 Å². The molecule has 0 aliphatic rings. The number of ether oxygens (including phenoxy) is 1. The zero-order chi connectivity index (χ0) is 19.8. The van der Waals surface area contributed by atoms with Crippen molar-refractivity contribution >= 4 is 23.3 Å². The summed E-state index contributed by atoms with van der Waals surface area (Å²) in [6.07, 6.45) is 1.60. The van der Waals surface area contributed by atoms with Gasteiger partial charge in [-0.2, -0.15) is 0 Å². The number of hydrogen-bond acceptors (Lipinski definition) is 6. The third-order valence-corrected chi connectivity index (χ3v) is 3.92. The first kappa shape index (κ1) is 19.9. The first-order valence-corrected chi connectivity index (χ1v) is 8.47. The van der Waals surface area contributed by atoms with Crippen molar-refractivity contribution in [2.75, 3.05) is 12.3 Å². The number of carbonyl (C=O) groups is 2. The highest BCUT2D eigenvalue weighted by atomic mass is 16.6. The van der Waals surface area contributed by atoms with Gasteiger partial charge >= 0.3 is 5.97 Å². The summed E-state index contributed by atoms with van der Waals surface area (Å²) < 4.78 is 4.97. The number of esters is 1. The van der Waals surface area contributed by atoms with E-state index < -0.39 is 23.4 Å². The Bertz CT molecular complexity index is 823. The average Bonchev–Trinajstić information content (AvgIpc) is 2.66. The smallest absolute Gasteiger partial charge is 0.341 e. The van der Waals surface area contributed by atoms with Crippen LogP contribution in [0.3, 0.4) is 0 Å². The van der Waals surface area contributed by atoms with Crippen LogP contribution in [-0.4, -0.2) is 23.4 Å². The third-order valence-electron chi connectivity index (χ3n) is 3.92. The van der Waals surface area contributed by atoms with Crippen molar-refractivity contribution in [1.82, 2.24) is 5.32 Å². The molecule has 0 heterocycles. The van der Waals surface area contributed by atoms with E-state index in [0.717, 1.165) is 24.5 Å². The van der Waals surface area contributed by atoms with Crippen LogP contribution in [0.5, 0.6) is 0 Å². The average molecular weight is 371 g/mol. The molecule has 0 aromatic heterocycles. The van der Waals surface area contributed by atoms with Gasteiger partial charge < -0.3 is 15.8 Å². The van der Waals surface area contributed by atoms with Gasteiger partial charge in [0.2, 0.25) is 0 Å². The van der Waals surface area contributed by atoms with Crippen LogP contribution in [0.1, 0.15) is 41.7 Å². The molecular formula is C19H21N3O5. The molecule has 0 saturated heterocycles. The summed E-state index contributed by atoms with van der Waals surface area (Å²) in [5.74, 6) is -1.35. The van der Waals surface area contributed by atoms with Crippen LogP contribution in [0.4, 0.5) is 11.4 Å². The number of nitro groups is 1. The van der Waals surface area contributed by atoms with Crippen molar-refractivity contribution < 1.29 is 19.2 Å². The molecule has 2 rings (SSSR count). The number of carbonyl (C=O) groups excluding carboxylic acids is 2. The fourth-order valence-corrected chi connectivity index (χ4v) is 2.58. The normalized spacial score (nSPS) is 11.4. The fraction of sp³-hybridized carbons (Fsp3) is 0.263. The zero-order valence-corrected chi connectivity index (χ0v) is 14.9. The van der Waals surface area contributed by atoms with Gasteiger partial charge in [0.25, 0.3) is 11.6 Å². The van der Waals surface area contributed by atoms with Gasteiger partial charge in [0.05, 0.1) is 16.5 Å². The van der Waals surface area contributed by atoms with E-state index in [1.165, 1.54) is 12.1 Å². The minimum absolute atomic E-state index is 0.0409. The van der Waals surface area contributed by atoms with E-state index in [0.29, 0.717) is 0 Å². The molecule has 0 saturated carbocycles. The molecule has 3 N–H and O–H groups in total. The molecule has 0 aliphatic heterocycles. The molecule has 8 nitrogen and oxygen atoms in total. The molecule has 8 heteroatoms. The van der Waals surface area contributed by atoms with Gasteiger partial charge in [-0.25, -0.2) is 4.79 Å². The van der Waals surface area contributed by atoms with E-state index in [-0.39, 0.29) is 23.0 Å².